The Balaban J connectivity index is 1.82. The highest BCUT2D eigenvalue weighted by Gasteiger charge is 2.37. The van der Waals surface area contributed by atoms with Gasteiger partial charge in [0.05, 0.1) is 23.4 Å². The average molecular weight is 453 g/mol. The summed E-state index contributed by atoms with van der Waals surface area (Å²) in [5.41, 5.74) is 5.16. The first kappa shape index (κ1) is 23.0. The van der Waals surface area contributed by atoms with Crippen molar-refractivity contribution in [3.8, 4) is 11.3 Å². The summed E-state index contributed by atoms with van der Waals surface area (Å²) >= 11 is 0. The minimum absolute atomic E-state index is 0.0486. The highest BCUT2D eigenvalue weighted by molar-refractivity contribution is 5.94. The number of primary amides is 1. The number of hydrogen-bond acceptors (Lipinski definition) is 5. The van der Waals surface area contributed by atoms with Crippen molar-refractivity contribution in [3.05, 3.63) is 53.2 Å². The molecule has 3 amide bonds. The zero-order chi connectivity index (χ0) is 23.6. The molecule has 1 aromatic heterocycles. The van der Waals surface area contributed by atoms with E-state index in [1.54, 1.807) is 0 Å². The van der Waals surface area contributed by atoms with Gasteiger partial charge in [-0.05, 0) is 23.8 Å². The van der Waals surface area contributed by atoms with Crippen LogP contribution in [0.2, 0.25) is 0 Å². The number of likely N-dealkylation sites (tertiary alicyclic amines) is 1. The number of hydrogen-bond donors (Lipinski definition) is 2. The van der Waals surface area contributed by atoms with Crippen molar-refractivity contribution in [3.63, 3.8) is 0 Å². The van der Waals surface area contributed by atoms with Gasteiger partial charge < -0.3 is 25.9 Å². The van der Waals surface area contributed by atoms with E-state index in [1.807, 2.05) is 0 Å². The van der Waals surface area contributed by atoms with Gasteiger partial charge in [0.2, 0.25) is 5.91 Å². The lowest BCUT2D eigenvalue weighted by atomic mass is 10.0. The van der Waals surface area contributed by atoms with Crippen LogP contribution in [0.4, 0.5) is 22.4 Å². The second-order valence-corrected chi connectivity index (χ2v) is 7.15. The van der Waals surface area contributed by atoms with Crippen LogP contribution in [-0.2, 0) is 17.5 Å². The van der Waals surface area contributed by atoms with Gasteiger partial charge in [0.15, 0.2) is 0 Å². The number of halogens is 4. The van der Waals surface area contributed by atoms with Gasteiger partial charge in [-0.1, -0.05) is 12.1 Å². The van der Waals surface area contributed by atoms with Crippen molar-refractivity contribution in [1.29, 1.82) is 0 Å². The van der Waals surface area contributed by atoms with Gasteiger partial charge in [-0.25, -0.2) is 4.39 Å². The van der Waals surface area contributed by atoms with Crippen LogP contribution in [0.1, 0.15) is 27.9 Å². The molecule has 8 nitrogen and oxygen atoms in total. The first-order valence-electron chi connectivity index (χ1n) is 9.33. The van der Waals surface area contributed by atoms with Gasteiger partial charge in [0, 0.05) is 24.7 Å². The van der Waals surface area contributed by atoms with E-state index in [2.05, 4.69) is 10.3 Å². The number of nitrogens with two attached hydrogens (primary N) is 1. The van der Waals surface area contributed by atoms with Crippen LogP contribution in [0.15, 0.2) is 36.5 Å². The maximum absolute atomic E-state index is 13.6. The summed E-state index contributed by atoms with van der Waals surface area (Å²) in [7, 11) is 0. The molecule has 1 aliphatic rings. The highest BCUT2D eigenvalue weighted by Crippen LogP contribution is 2.31. The zero-order valence-corrected chi connectivity index (χ0v) is 16.4. The maximum Gasteiger partial charge on any atom is 0.416 e. The Kier molecular flexibility index (Phi) is 6.32. The molecule has 1 fully saturated rings. The van der Waals surface area contributed by atoms with Gasteiger partial charge in [0.1, 0.15) is 18.3 Å². The van der Waals surface area contributed by atoms with E-state index < -0.39 is 48.4 Å². The molecule has 2 aromatic rings. The summed E-state index contributed by atoms with van der Waals surface area (Å²) in [6.07, 6.45) is -6.92. The van der Waals surface area contributed by atoms with Crippen LogP contribution in [0, 0.1) is 0 Å². The molecular formula is C20H17F4N4O4-. The monoisotopic (exact) mass is 453 g/mol. The predicted molar refractivity (Wildman–Crippen MR) is 100 cm³/mol. The summed E-state index contributed by atoms with van der Waals surface area (Å²) in [5, 5.41) is 13.5. The third-order valence-electron chi connectivity index (χ3n) is 5.00. The largest absolute Gasteiger partial charge is 0.530 e. The number of aromatic nitrogens is 1. The van der Waals surface area contributed by atoms with Crippen molar-refractivity contribution < 1.29 is 37.1 Å². The van der Waals surface area contributed by atoms with E-state index in [0.29, 0.717) is 10.5 Å². The standard InChI is InChI=1S/C20H18F4N4O4/c21-13-6-16(28(9-13)19(31)32)18(30)27-7-11-5-15(26-8-14(11)17(25)29)10-1-3-12(4-2-10)20(22,23)24/h1-5,8,13,16H,6-7,9H2,(H2,25,29)(H,27,30)(H,31,32)/p-1/t13-,16+/m1/s1. The number of carbonyl (C=O) groups is 3. The Labute approximate surface area is 179 Å². The summed E-state index contributed by atoms with van der Waals surface area (Å²) in [5.74, 6) is -1.65. The van der Waals surface area contributed by atoms with Gasteiger partial charge in [-0.2, -0.15) is 13.2 Å². The first-order chi connectivity index (χ1) is 15.0. The van der Waals surface area contributed by atoms with E-state index in [0.717, 1.165) is 18.3 Å². The smallest absolute Gasteiger partial charge is 0.416 e. The number of benzene rings is 1. The summed E-state index contributed by atoms with van der Waals surface area (Å²) < 4.78 is 51.8. The lowest BCUT2D eigenvalue weighted by molar-refractivity contribution is -0.266. The van der Waals surface area contributed by atoms with E-state index in [9.17, 15) is 37.1 Å². The molecule has 170 valence electrons. The maximum atomic E-state index is 13.6. The Morgan fingerprint density at radius 2 is 1.88 bits per heavy atom. The molecule has 3 N–H and O–H groups in total. The number of carbonyl (C=O) groups excluding carboxylic acids is 3. The van der Waals surface area contributed by atoms with E-state index in [4.69, 9.17) is 5.73 Å². The van der Waals surface area contributed by atoms with Crippen LogP contribution >= 0.6 is 0 Å². The fourth-order valence-electron chi connectivity index (χ4n) is 3.39. The number of carboxylic acid groups (broad SMARTS) is 1. The van der Waals surface area contributed by atoms with Gasteiger partial charge >= 0.3 is 6.18 Å². The number of nitrogens with one attached hydrogen (secondary N) is 1. The fourth-order valence-corrected chi connectivity index (χ4v) is 3.39. The van der Waals surface area contributed by atoms with E-state index >= 15 is 0 Å². The summed E-state index contributed by atoms with van der Waals surface area (Å²) in [6, 6.07) is 4.24. The average Bonchev–Trinajstić information content (AvgIpc) is 3.13. The fraction of sp³-hybridized carbons (Fsp3) is 0.300. The van der Waals surface area contributed by atoms with Crippen LogP contribution in [-0.4, -0.2) is 46.5 Å². The molecule has 1 aromatic carbocycles. The summed E-state index contributed by atoms with van der Waals surface area (Å²) in [4.78, 5) is 39.8. The number of pyridine rings is 1. The number of rotatable bonds is 5. The van der Waals surface area contributed by atoms with Crippen molar-refractivity contribution >= 4 is 17.9 Å². The molecule has 1 saturated heterocycles. The van der Waals surface area contributed by atoms with Crippen molar-refractivity contribution in [1.82, 2.24) is 15.2 Å². The minimum atomic E-state index is -4.50. The topological polar surface area (TPSA) is 128 Å². The van der Waals surface area contributed by atoms with Crippen molar-refractivity contribution in [2.24, 2.45) is 5.73 Å². The molecule has 2 atom stereocenters. The number of nitrogens with zero attached hydrogens (tertiary/aromatic N) is 2. The summed E-state index contributed by atoms with van der Waals surface area (Å²) in [6.45, 7) is -0.762. The minimum Gasteiger partial charge on any atom is -0.530 e. The molecule has 32 heavy (non-hydrogen) atoms. The Hall–Kier alpha value is -3.70. The third kappa shape index (κ3) is 4.95. The van der Waals surface area contributed by atoms with Gasteiger partial charge in [0.25, 0.3) is 5.91 Å². The highest BCUT2D eigenvalue weighted by atomic mass is 19.4. The SMILES string of the molecule is NC(=O)c1cnc(-c2ccc(C(F)(F)F)cc2)cc1CNC(=O)[C@@H]1C[C@@H](F)CN1C(=O)[O-]. The third-order valence-corrected chi connectivity index (χ3v) is 5.00. The molecule has 0 bridgehead atoms. The van der Waals surface area contributed by atoms with E-state index in [1.165, 1.54) is 18.2 Å². The lowest BCUT2D eigenvalue weighted by Gasteiger charge is -2.25. The second-order valence-electron chi connectivity index (χ2n) is 7.15. The first-order valence-corrected chi connectivity index (χ1v) is 9.33. The van der Waals surface area contributed by atoms with E-state index in [-0.39, 0.29) is 29.8 Å². The number of amides is 3. The van der Waals surface area contributed by atoms with Crippen molar-refractivity contribution in [2.75, 3.05) is 6.54 Å². The molecule has 2 heterocycles. The van der Waals surface area contributed by atoms with Gasteiger partial charge in [-0.3, -0.25) is 14.6 Å². The number of alkyl halides is 4. The normalized spacial score (nSPS) is 18.4. The lowest BCUT2D eigenvalue weighted by Crippen LogP contribution is -2.50. The van der Waals surface area contributed by atoms with Crippen LogP contribution in [0.3, 0.4) is 0 Å². The quantitative estimate of drug-likeness (QED) is 0.659. The molecule has 0 unspecified atom stereocenters. The van der Waals surface area contributed by atoms with Crippen LogP contribution in [0.5, 0.6) is 0 Å². The van der Waals surface area contributed by atoms with Crippen molar-refractivity contribution in [2.45, 2.75) is 31.4 Å². The second kappa shape index (κ2) is 8.81. The molecule has 1 aliphatic heterocycles. The molecule has 0 saturated carbocycles. The predicted octanol–water partition coefficient (Wildman–Crippen LogP) is 1.24. The molecule has 0 radical (unpaired) electrons. The molecule has 0 spiro atoms. The van der Waals surface area contributed by atoms with Crippen LogP contribution < -0.4 is 16.2 Å². The zero-order valence-electron chi connectivity index (χ0n) is 16.4. The van der Waals surface area contributed by atoms with Crippen LogP contribution in [0.25, 0.3) is 11.3 Å². The molecule has 12 heteroatoms. The molecule has 3 rings (SSSR count). The van der Waals surface area contributed by atoms with Gasteiger partial charge in [-0.15, -0.1) is 0 Å². The molecular weight excluding hydrogens is 436 g/mol. The Bertz CT molecular complexity index is 1040. The molecule has 0 aliphatic carbocycles. The Morgan fingerprint density at radius 3 is 2.44 bits per heavy atom. The Morgan fingerprint density at radius 1 is 1.22 bits per heavy atom.